The zero-order valence-corrected chi connectivity index (χ0v) is 17.1. The van der Waals surface area contributed by atoms with Crippen molar-refractivity contribution in [3.63, 3.8) is 0 Å². The molecular formula is C19H23N3O4S2. The van der Waals surface area contributed by atoms with Crippen molar-refractivity contribution >= 4 is 38.7 Å². The van der Waals surface area contributed by atoms with Crippen molar-refractivity contribution in [2.24, 2.45) is 0 Å². The van der Waals surface area contributed by atoms with Crippen LogP contribution in [-0.2, 0) is 10.0 Å². The Morgan fingerprint density at radius 3 is 2.46 bits per heavy atom. The van der Waals surface area contributed by atoms with Crippen molar-refractivity contribution in [1.29, 1.82) is 0 Å². The summed E-state index contributed by atoms with van der Waals surface area (Å²) in [6, 6.07) is 11.4. The number of ether oxygens (including phenoxy) is 1. The molecule has 0 atom stereocenters. The molecule has 0 saturated carbocycles. The van der Waals surface area contributed by atoms with Crippen molar-refractivity contribution < 1.29 is 18.3 Å². The van der Waals surface area contributed by atoms with Crippen LogP contribution in [0.2, 0.25) is 0 Å². The Morgan fingerprint density at radius 2 is 1.82 bits per heavy atom. The molecule has 1 fully saturated rings. The number of phenols is 1. The van der Waals surface area contributed by atoms with Crippen LogP contribution in [-0.4, -0.2) is 42.6 Å². The average molecular weight is 422 g/mol. The predicted octanol–water partition coefficient (Wildman–Crippen LogP) is 3.38. The highest BCUT2D eigenvalue weighted by Crippen LogP contribution is 2.29. The van der Waals surface area contributed by atoms with Gasteiger partial charge in [-0.25, -0.2) is 8.42 Å². The number of hydrogen-bond acceptors (Lipinski definition) is 5. The van der Waals surface area contributed by atoms with Gasteiger partial charge in [0.25, 0.3) is 0 Å². The van der Waals surface area contributed by atoms with Gasteiger partial charge in [0.05, 0.1) is 17.2 Å². The standard InChI is InChI=1S/C19H23N3O4S2/c1-2-26-15-7-5-14(6-8-15)20-19(27)21-17-13-16(9-10-18(17)23)28(24,25)22-11-3-4-12-22/h5-10,13,23H,2-4,11-12H2,1H3,(H2,20,21,27). The van der Waals surface area contributed by atoms with E-state index in [1.165, 1.54) is 22.5 Å². The molecule has 2 aromatic carbocycles. The molecule has 0 unspecified atom stereocenters. The summed E-state index contributed by atoms with van der Waals surface area (Å²) in [6.07, 6.45) is 1.72. The van der Waals surface area contributed by atoms with E-state index in [0.29, 0.717) is 19.7 Å². The lowest BCUT2D eigenvalue weighted by Crippen LogP contribution is -2.28. The maximum absolute atomic E-state index is 12.7. The summed E-state index contributed by atoms with van der Waals surface area (Å²) in [7, 11) is -3.58. The largest absolute Gasteiger partial charge is 0.506 e. The Balaban J connectivity index is 1.71. The molecule has 0 aliphatic carbocycles. The third-order valence-corrected chi connectivity index (χ3v) is 6.44. The number of sulfonamides is 1. The number of phenolic OH excluding ortho intramolecular Hbond substituents is 1. The fraction of sp³-hybridized carbons (Fsp3) is 0.316. The number of nitrogens with zero attached hydrogens (tertiary/aromatic N) is 1. The molecule has 1 aliphatic rings. The molecule has 0 radical (unpaired) electrons. The molecule has 1 saturated heterocycles. The highest BCUT2D eigenvalue weighted by molar-refractivity contribution is 7.89. The third-order valence-electron chi connectivity index (χ3n) is 4.34. The molecule has 3 N–H and O–H groups in total. The van der Waals surface area contributed by atoms with Crippen molar-refractivity contribution in [2.75, 3.05) is 30.3 Å². The molecular weight excluding hydrogens is 398 g/mol. The summed E-state index contributed by atoms with van der Waals surface area (Å²) < 4.78 is 32.3. The Labute approximate surface area is 170 Å². The molecule has 28 heavy (non-hydrogen) atoms. The van der Waals surface area contributed by atoms with Crippen LogP contribution in [0.4, 0.5) is 11.4 Å². The highest BCUT2D eigenvalue weighted by Gasteiger charge is 2.27. The van der Waals surface area contributed by atoms with E-state index in [0.717, 1.165) is 24.3 Å². The van der Waals surface area contributed by atoms with Gasteiger partial charge in [-0.2, -0.15) is 4.31 Å². The van der Waals surface area contributed by atoms with Crippen LogP contribution in [0.3, 0.4) is 0 Å². The lowest BCUT2D eigenvalue weighted by atomic mass is 10.3. The van der Waals surface area contributed by atoms with Crippen molar-refractivity contribution in [1.82, 2.24) is 4.31 Å². The van der Waals surface area contributed by atoms with Crippen LogP contribution in [0, 0.1) is 0 Å². The lowest BCUT2D eigenvalue weighted by Gasteiger charge is -2.17. The minimum Gasteiger partial charge on any atom is -0.506 e. The molecule has 9 heteroatoms. The summed E-state index contributed by atoms with van der Waals surface area (Å²) in [5.41, 5.74) is 0.963. The maximum Gasteiger partial charge on any atom is 0.243 e. The first-order valence-corrected chi connectivity index (χ1v) is 10.9. The topological polar surface area (TPSA) is 90.9 Å². The minimum atomic E-state index is -3.58. The van der Waals surface area contributed by atoms with E-state index in [-0.39, 0.29) is 21.4 Å². The second-order valence-electron chi connectivity index (χ2n) is 6.33. The third kappa shape index (κ3) is 4.73. The Bertz CT molecular complexity index is 940. The first-order valence-electron chi connectivity index (χ1n) is 9.04. The van der Waals surface area contributed by atoms with Crippen LogP contribution in [0.1, 0.15) is 19.8 Å². The molecule has 0 amide bonds. The molecule has 150 valence electrons. The highest BCUT2D eigenvalue weighted by atomic mass is 32.2. The first-order chi connectivity index (χ1) is 13.4. The van der Waals surface area contributed by atoms with Crippen LogP contribution in [0.15, 0.2) is 47.4 Å². The molecule has 1 aliphatic heterocycles. The van der Waals surface area contributed by atoms with Crippen LogP contribution in [0.25, 0.3) is 0 Å². The molecule has 1 heterocycles. The number of benzene rings is 2. The van der Waals surface area contributed by atoms with Crippen molar-refractivity contribution in [3.8, 4) is 11.5 Å². The average Bonchev–Trinajstić information content (AvgIpc) is 3.21. The quantitative estimate of drug-likeness (QED) is 0.486. The molecule has 3 rings (SSSR count). The van der Waals surface area contributed by atoms with Crippen LogP contribution in [0.5, 0.6) is 11.5 Å². The second kappa shape index (κ2) is 8.76. The van der Waals surface area contributed by atoms with Gasteiger partial charge >= 0.3 is 0 Å². The summed E-state index contributed by atoms with van der Waals surface area (Å²) in [5.74, 6) is 0.667. The van der Waals surface area contributed by atoms with E-state index < -0.39 is 10.0 Å². The smallest absolute Gasteiger partial charge is 0.243 e. The maximum atomic E-state index is 12.7. The zero-order valence-electron chi connectivity index (χ0n) is 15.5. The summed E-state index contributed by atoms with van der Waals surface area (Å²) in [4.78, 5) is 0.124. The van der Waals surface area contributed by atoms with Crippen molar-refractivity contribution in [3.05, 3.63) is 42.5 Å². The number of thiocarbonyl (C=S) groups is 1. The van der Waals surface area contributed by atoms with Gasteiger partial charge in [-0.1, -0.05) is 0 Å². The second-order valence-corrected chi connectivity index (χ2v) is 8.67. The monoisotopic (exact) mass is 421 g/mol. The van der Waals surface area contributed by atoms with Gasteiger partial charge in [-0.05, 0) is 74.4 Å². The van der Waals surface area contributed by atoms with Gasteiger partial charge in [-0.15, -0.1) is 0 Å². The van der Waals surface area contributed by atoms with Crippen LogP contribution < -0.4 is 15.4 Å². The SMILES string of the molecule is CCOc1ccc(NC(=S)Nc2cc(S(=O)(=O)N3CCCC3)ccc2O)cc1. The van der Waals surface area contributed by atoms with Crippen molar-refractivity contribution in [2.45, 2.75) is 24.7 Å². The van der Waals surface area contributed by atoms with E-state index >= 15 is 0 Å². The normalized spacial score (nSPS) is 14.6. The van der Waals surface area contributed by atoms with E-state index in [4.69, 9.17) is 17.0 Å². The van der Waals surface area contributed by atoms with E-state index in [1.807, 2.05) is 31.2 Å². The Kier molecular flexibility index (Phi) is 6.38. The van der Waals surface area contributed by atoms with Gasteiger partial charge in [0.1, 0.15) is 11.5 Å². The first kappa shape index (κ1) is 20.4. The van der Waals surface area contributed by atoms with Gasteiger partial charge < -0.3 is 20.5 Å². The number of anilines is 2. The van der Waals surface area contributed by atoms with E-state index in [2.05, 4.69) is 10.6 Å². The fourth-order valence-electron chi connectivity index (χ4n) is 2.94. The number of nitrogens with one attached hydrogen (secondary N) is 2. The van der Waals surface area contributed by atoms with Gasteiger partial charge in [-0.3, -0.25) is 0 Å². The molecule has 7 nitrogen and oxygen atoms in total. The van der Waals surface area contributed by atoms with Gasteiger partial charge in [0.2, 0.25) is 10.0 Å². The van der Waals surface area contributed by atoms with Crippen LogP contribution >= 0.6 is 12.2 Å². The Hall–Kier alpha value is -2.36. The minimum absolute atomic E-state index is 0.0868. The molecule has 0 spiro atoms. The lowest BCUT2D eigenvalue weighted by molar-refractivity contribution is 0.340. The summed E-state index contributed by atoms with van der Waals surface area (Å²) in [5, 5.41) is 16.2. The van der Waals surface area contributed by atoms with E-state index in [9.17, 15) is 13.5 Å². The Morgan fingerprint density at radius 1 is 1.14 bits per heavy atom. The molecule has 0 bridgehead atoms. The summed E-state index contributed by atoms with van der Waals surface area (Å²) in [6.45, 7) is 3.53. The molecule has 2 aromatic rings. The zero-order chi connectivity index (χ0) is 20.1. The fourth-order valence-corrected chi connectivity index (χ4v) is 4.71. The number of hydrogen-bond donors (Lipinski definition) is 3. The summed E-state index contributed by atoms with van der Waals surface area (Å²) >= 11 is 5.28. The number of rotatable bonds is 6. The van der Waals surface area contributed by atoms with E-state index in [1.54, 1.807) is 0 Å². The molecule has 0 aromatic heterocycles. The number of aromatic hydroxyl groups is 1. The van der Waals surface area contributed by atoms with Gasteiger partial charge in [0.15, 0.2) is 5.11 Å². The van der Waals surface area contributed by atoms with Gasteiger partial charge in [0, 0.05) is 18.8 Å². The predicted molar refractivity (Wildman–Crippen MR) is 114 cm³/mol.